The minimum atomic E-state index is -4.70. The summed E-state index contributed by atoms with van der Waals surface area (Å²) in [6.07, 6.45) is -2.23. The Balaban J connectivity index is 0.000000541. The Hall–Kier alpha value is -2.49. The molecule has 1 fully saturated rings. The second-order valence-corrected chi connectivity index (χ2v) is 9.03. The first kappa shape index (κ1) is 34.5. The highest BCUT2D eigenvalue weighted by Crippen LogP contribution is 2.42. The van der Waals surface area contributed by atoms with Gasteiger partial charge in [0.25, 0.3) is 6.47 Å². The van der Waals surface area contributed by atoms with Gasteiger partial charge in [-0.3, -0.25) is 14.4 Å². The molecule has 1 aliphatic rings. The van der Waals surface area contributed by atoms with Gasteiger partial charge in [-0.25, -0.2) is 4.39 Å². The van der Waals surface area contributed by atoms with Crippen molar-refractivity contribution in [3.8, 4) is 5.75 Å². The van der Waals surface area contributed by atoms with Crippen molar-refractivity contribution in [1.29, 1.82) is 0 Å². The van der Waals surface area contributed by atoms with Crippen LogP contribution in [0.2, 0.25) is 5.02 Å². The molecule has 0 atom stereocenters. The fourth-order valence-electron chi connectivity index (χ4n) is 2.31. The van der Waals surface area contributed by atoms with Crippen molar-refractivity contribution in [3.63, 3.8) is 0 Å². The molecule has 37 heavy (non-hydrogen) atoms. The van der Waals surface area contributed by atoms with Crippen LogP contribution in [-0.4, -0.2) is 60.6 Å². The number of aryl methyl sites for hydroxylation is 1. The first-order valence-corrected chi connectivity index (χ1v) is 11.8. The van der Waals surface area contributed by atoms with Crippen LogP contribution in [0, 0.1) is 12.7 Å². The number of rotatable bonds is 9. The number of amides is 1. The number of carbonyl (C=O) groups excluding carboxylic acids is 3. The van der Waals surface area contributed by atoms with Gasteiger partial charge in [-0.2, -0.15) is 13.2 Å². The van der Waals surface area contributed by atoms with Gasteiger partial charge in [0.15, 0.2) is 5.78 Å². The smallest absolute Gasteiger partial charge is 0.431 e. The molecule has 1 saturated carbocycles. The maximum Gasteiger partial charge on any atom is 0.431 e. The highest BCUT2D eigenvalue weighted by atomic mass is 35.5. The lowest BCUT2D eigenvalue weighted by molar-refractivity contribution is -0.138. The minimum absolute atomic E-state index is 0.0755. The van der Waals surface area contributed by atoms with Gasteiger partial charge < -0.3 is 19.1 Å². The normalized spacial score (nSPS) is 13.6. The van der Waals surface area contributed by atoms with E-state index in [1.54, 1.807) is 13.0 Å². The van der Waals surface area contributed by atoms with E-state index in [0.29, 0.717) is 45.9 Å². The van der Waals surface area contributed by atoms with Crippen molar-refractivity contribution in [1.82, 2.24) is 4.90 Å². The third-order valence-electron chi connectivity index (χ3n) is 4.59. The molecular formula is C24H31ClF4NO6P. The number of ketones is 1. The SMILES string of the molecule is CC(=O)/C=C(\N(C)C(C)=O)C(F)(F)F.CCOC(=P)COC=O.Cc1cc(OC2(C)CC2)c(Cl)cc1F. The van der Waals surface area contributed by atoms with Gasteiger partial charge in [-0.1, -0.05) is 20.5 Å². The maximum atomic E-state index is 13.1. The first-order valence-electron chi connectivity index (χ1n) is 10.9. The molecule has 1 aromatic rings. The Kier molecular flexibility index (Phi) is 14.6. The van der Waals surface area contributed by atoms with Crippen LogP contribution in [0.3, 0.4) is 0 Å². The molecule has 0 saturated heterocycles. The summed E-state index contributed by atoms with van der Waals surface area (Å²) in [5.74, 6) is -1.24. The Morgan fingerprint density at radius 3 is 2.22 bits per heavy atom. The summed E-state index contributed by atoms with van der Waals surface area (Å²) in [4.78, 5) is 31.2. The molecule has 0 bridgehead atoms. The third kappa shape index (κ3) is 14.1. The number of hydrogen-bond donors (Lipinski definition) is 0. The van der Waals surface area contributed by atoms with E-state index in [1.807, 2.05) is 13.8 Å². The standard InChI is InChI=1S/C11H12ClFO.C8H10F3NO2.C5H9O3P/c1-7-5-10(8(12)6-9(7)13)14-11(2)3-4-11;1-5(13)4-7(8(9,10)11)12(3)6(2)14;1-2-8-5(9)3-7-4-6/h5-6H,3-4H2,1-2H3;4H,1-3H3;4,9H,2-3H2,1H3/b;7-4-;. The number of benzene rings is 1. The van der Waals surface area contributed by atoms with Crippen molar-refractivity contribution in [3.05, 3.63) is 40.3 Å². The molecule has 7 nitrogen and oxygen atoms in total. The fourth-order valence-corrected chi connectivity index (χ4v) is 2.73. The summed E-state index contributed by atoms with van der Waals surface area (Å²) in [5.41, 5.74) is -0.232. The van der Waals surface area contributed by atoms with Gasteiger partial charge >= 0.3 is 6.18 Å². The van der Waals surface area contributed by atoms with E-state index in [9.17, 15) is 31.9 Å². The molecule has 1 amide bonds. The van der Waals surface area contributed by atoms with Crippen molar-refractivity contribution in [2.45, 2.75) is 59.2 Å². The van der Waals surface area contributed by atoms with Crippen LogP contribution in [0.25, 0.3) is 0 Å². The van der Waals surface area contributed by atoms with E-state index in [-0.39, 0.29) is 18.0 Å². The molecule has 1 aliphatic carbocycles. The van der Waals surface area contributed by atoms with Crippen molar-refractivity contribution >= 4 is 44.1 Å². The van der Waals surface area contributed by atoms with Gasteiger partial charge in [-0.15, -0.1) is 0 Å². The largest absolute Gasteiger partial charge is 0.486 e. The van der Waals surface area contributed by atoms with Gasteiger partial charge in [-0.05, 0) is 58.2 Å². The van der Waals surface area contributed by atoms with Crippen LogP contribution in [-0.2, 0) is 23.9 Å². The molecule has 0 aromatic heterocycles. The molecular weight excluding hydrogens is 541 g/mol. The highest BCUT2D eigenvalue weighted by molar-refractivity contribution is 7.20. The average Bonchev–Trinajstić information content (AvgIpc) is 3.50. The molecule has 2 rings (SSSR count). The van der Waals surface area contributed by atoms with Crippen LogP contribution in [0.1, 0.15) is 46.1 Å². The number of hydrogen-bond acceptors (Lipinski definition) is 6. The van der Waals surface area contributed by atoms with E-state index in [0.717, 1.165) is 33.7 Å². The summed E-state index contributed by atoms with van der Waals surface area (Å²) in [6, 6.07) is 2.96. The topological polar surface area (TPSA) is 82.1 Å². The molecule has 208 valence electrons. The van der Waals surface area contributed by atoms with Gasteiger partial charge in [0.1, 0.15) is 35.0 Å². The molecule has 1 aromatic carbocycles. The third-order valence-corrected chi connectivity index (χ3v) is 5.17. The first-order chi connectivity index (χ1) is 17.0. The monoisotopic (exact) mass is 571 g/mol. The van der Waals surface area contributed by atoms with Crippen LogP contribution in [0.4, 0.5) is 17.6 Å². The fraction of sp³-hybridized carbons (Fsp3) is 0.500. The summed E-state index contributed by atoms with van der Waals surface area (Å²) in [6.45, 7) is 8.67. The number of carbonyl (C=O) groups is 3. The number of halogens is 5. The number of allylic oxidation sites excluding steroid dienone is 2. The van der Waals surface area contributed by atoms with E-state index in [1.165, 1.54) is 6.07 Å². The quantitative estimate of drug-likeness (QED) is 0.164. The van der Waals surface area contributed by atoms with Crippen LogP contribution >= 0.6 is 20.5 Å². The molecule has 0 spiro atoms. The predicted octanol–water partition coefficient (Wildman–Crippen LogP) is 5.69. The predicted molar refractivity (Wildman–Crippen MR) is 135 cm³/mol. The lowest BCUT2D eigenvalue weighted by Crippen LogP contribution is -2.32. The van der Waals surface area contributed by atoms with E-state index >= 15 is 0 Å². The van der Waals surface area contributed by atoms with Gasteiger partial charge in [0.05, 0.1) is 11.6 Å². The second-order valence-electron chi connectivity index (χ2n) is 8.06. The number of nitrogens with zero attached hydrogens (tertiary/aromatic N) is 1. The Morgan fingerprint density at radius 2 is 1.81 bits per heavy atom. The number of ether oxygens (including phenoxy) is 3. The van der Waals surface area contributed by atoms with Crippen molar-refractivity contribution in [2.24, 2.45) is 0 Å². The maximum absolute atomic E-state index is 13.1. The lowest BCUT2D eigenvalue weighted by atomic mass is 10.2. The van der Waals surface area contributed by atoms with E-state index < -0.39 is 23.6 Å². The van der Waals surface area contributed by atoms with Crippen molar-refractivity contribution in [2.75, 3.05) is 20.3 Å². The zero-order valence-electron chi connectivity index (χ0n) is 21.4. The summed E-state index contributed by atoms with van der Waals surface area (Å²) >= 11 is 5.87. The van der Waals surface area contributed by atoms with Crippen LogP contribution < -0.4 is 4.74 Å². The molecule has 13 heteroatoms. The van der Waals surface area contributed by atoms with E-state index in [2.05, 4.69) is 13.6 Å². The molecule has 0 heterocycles. The molecule has 0 aliphatic heterocycles. The van der Waals surface area contributed by atoms with Crippen molar-refractivity contribution < 1.29 is 46.2 Å². The van der Waals surface area contributed by atoms with Crippen LogP contribution in [0.5, 0.6) is 5.75 Å². The minimum Gasteiger partial charge on any atom is -0.486 e. The lowest BCUT2D eigenvalue weighted by Gasteiger charge is -2.20. The van der Waals surface area contributed by atoms with E-state index in [4.69, 9.17) is 21.1 Å². The Labute approximate surface area is 220 Å². The summed E-state index contributed by atoms with van der Waals surface area (Å²) < 4.78 is 64.8. The van der Waals surface area contributed by atoms with Gasteiger partial charge in [0, 0.05) is 20.0 Å². The zero-order valence-corrected chi connectivity index (χ0v) is 23.2. The molecule has 0 N–H and O–H groups in total. The second kappa shape index (κ2) is 15.7. The van der Waals surface area contributed by atoms with Crippen LogP contribution in [0.15, 0.2) is 23.9 Å². The number of alkyl halides is 3. The summed E-state index contributed by atoms with van der Waals surface area (Å²) in [7, 11) is 4.06. The zero-order chi connectivity index (χ0) is 29.0. The Bertz CT molecular complexity index is 996. The molecule has 0 unspecified atom stereocenters. The Morgan fingerprint density at radius 1 is 1.24 bits per heavy atom. The van der Waals surface area contributed by atoms with Gasteiger partial charge in [0.2, 0.25) is 5.91 Å². The average molecular weight is 572 g/mol. The highest BCUT2D eigenvalue weighted by Gasteiger charge is 2.40. The molecule has 0 radical (unpaired) electrons. The summed E-state index contributed by atoms with van der Waals surface area (Å²) in [5, 5.41) is 0.348.